The van der Waals surface area contributed by atoms with E-state index in [1.807, 2.05) is 0 Å². The van der Waals surface area contributed by atoms with Crippen LogP contribution >= 0.6 is 0 Å². The Morgan fingerprint density at radius 3 is 2.60 bits per heavy atom. The molecule has 1 unspecified atom stereocenters. The maximum atomic E-state index is 11.3. The van der Waals surface area contributed by atoms with E-state index < -0.39 is 0 Å². The number of carbonyl (C=O) groups excluding carboxylic acids is 1. The van der Waals surface area contributed by atoms with Crippen molar-refractivity contribution in [3.05, 3.63) is 0 Å². The smallest absolute Gasteiger partial charge is 0.223 e. The third-order valence-electron chi connectivity index (χ3n) is 3.91. The molecule has 0 aromatic carbocycles. The Bertz CT molecular complexity index is 244. The maximum Gasteiger partial charge on any atom is 0.223 e. The molecule has 0 saturated heterocycles. The maximum absolute atomic E-state index is 11.3. The van der Waals surface area contributed by atoms with Crippen LogP contribution in [0.1, 0.15) is 39.5 Å². The van der Waals surface area contributed by atoms with Crippen LogP contribution in [0.5, 0.6) is 0 Å². The number of hydrogen-bond acceptors (Lipinski definition) is 2. The average molecular weight is 210 g/mol. The van der Waals surface area contributed by atoms with Crippen molar-refractivity contribution >= 4 is 5.91 Å². The van der Waals surface area contributed by atoms with Gasteiger partial charge in [0.05, 0.1) is 0 Å². The molecular formula is C12H22N2O. The number of hydrogen-bond donors (Lipinski definition) is 2. The Morgan fingerprint density at radius 2 is 2.07 bits per heavy atom. The van der Waals surface area contributed by atoms with Gasteiger partial charge in [-0.05, 0) is 38.0 Å². The van der Waals surface area contributed by atoms with E-state index in [2.05, 4.69) is 24.5 Å². The van der Waals surface area contributed by atoms with Gasteiger partial charge in [-0.1, -0.05) is 6.92 Å². The monoisotopic (exact) mass is 210 g/mol. The van der Waals surface area contributed by atoms with Crippen molar-refractivity contribution in [1.29, 1.82) is 0 Å². The molecule has 2 aliphatic rings. The van der Waals surface area contributed by atoms with E-state index in [9.17, 15) is 4.79 Å². The lowest BCUT2D eigenvalue weighted by Gasteiger charge is -2.20. The van der Waals surface area contributed by atoms with E-state index in [0.717, 1.165) is 25.9 Å². The molecule has 0 radical (unpaired) electrons. The fourth-order valence-electron chi connectivity index (χ4n) is 1.84. The van der Waals surface area contributed by atoms with E-state index in [4.69, 9.17) is 0 Å². The molecule has 1 amide bonds. The van der Waals surface area contributed by atoms with Gasteiger partial charge >= 0.3 is 0 Å². The van der Waals surface area contributed by atoms with Crippen LogP contribution in [0.15, 0.2) is 0 Å². The molecule has 0 aromatic rings. The molecular weight excluding hydrogens is 188 g/mol. The highest BCUT2D eigenvalue weighted by molar-refractivity contribution is 5.80. The van der Waals surface area contributed by atoms with Crippen molar-refractivity contribution in [2.45, 2.75) is 45.6 Å². The average Bonchev–Trinajstić information content (AvgIpc) is 3.04. The quantitative estimate of drug-likeness (QED) is 0.649. The number of nitrogens with one attached hydrogen (secondary N) is 2. The molecule has 2 fully saturated rings. The highest BCUT2D eigenvalue weighted by Crippen LogP contribution is 2.47. The summed E-state index contributed by atoms with van der Waals surface area (Å²) < 4.78 is 0. The lowest BCUT2D eigenvalue weighted by Crippen LogP contribution is -2.39. The summed E-state index contributed by atoms with van der Waals surface area (Å²) in [4.78, 5) is 11.3. The number of amides is 1. The van der Waals surface area contributed by atoms with Gasteiger partial charge in [0.2, 0.25) is 5.91 Å². The van der Waals surface area contributed by atoms with E-state index in [1.165, 1.54) is 12.8 Å². The number of carbonyl (C=O) groups is 1. The molecule has 2 saturated carbocycles. The van der Waals surface area contributed by atoms with Crippen molar-refractivity contribution in [1.82, 2.24) is 10.6 Å². The normalized spacial score (nSPS) is 24.7. The van der Waals surface area contributed by atoms with Gasteiger partial charge in [0.1, 0.15) is 0 Å². The first kappa shape index (κ1) is 10.9. The van der Waals surface area contributed by atoms with E-state index in [1.54, 1.807) is 0 Å². The minimum atomic E-state index is 0.252. The Balaban J connectivity index is 1.52. The van der Waals surface area contributed by atoms with Gasteiger partial charge in [-0.15, -0.1) is 0 Å². The lowest BCUT2D eigenvalue weighted by molar-refractivity contribution is -0.122. The fourth-order valence-corrected chi connectivity index (χ4v) is 1.84. The highest BCUT2D eigenvalue weighted by atomic mass is 16.2. The first-order valence-corrected chi connectivity index (χ1v) is 6.13. The molecule has 2 aliphatic carbocycles. The molecule has 0 spiro atoms. The van der Waals surface area contributed by atoms with Crippen LogP contribution in [0.2, 0.25) is 0 Å². The minimum absolute atomic E-state index is 0.252. The van der Waals surface area contributed by atoms with Gasteiger partial charge in [0, 0.05) is 25.0 Å². The van der Waals surface area contributed by atoms with Crippen LogP contribution in [0.25, 0.3) is 0 Å². The van der Waals surface area contributed by atoms with Crippen LogP contribution in [-0.2, 0) is 4.79 Å². The van der Waals surface area contributed by atoms with E-state index in [0.29, 0.717) is 17.4 Å². The molecule has 0 aliphatic heterocycles. The molecule has 3 nitrogen and oxygen atoms in total. The van der Waals surface area contributed by atoms with Crippen LogP contribution in [-0.4, -0.2) is 25.0 Å². The van der Waals surface area contributed by atoms with Crippen molar-refractivity contribution in [2.24, 2.45) is 11.3 Å². The van der Waals surface area contributed by atoms with Crippen LogP contribution in [0.3, 0.4) is 0 Å². The summed E-state index contributed by atoms with van der Waals surface area (Å²) in [7, 11) is 0. The zero-order valence-corrected chi connectivity index (χ0v) is 9.81. The van der Waals surface area contributed by atoms with Crippen LogP contribution in [0.4, 0.5) is 0 Å². The van der Waals surface area contributed by atoms with Crippen molar-refractivity contribution in [3.8, 4) is 0 Å². The molecule has 3 heteroatoms. The largest absolute Gasteiger partial charge is 0.355 e. The number of rotatable bonds is 6. The molecule has 0 heterocycles. The zero-order chi connectivity index (χ0) is 10.9. The summed E-state index contributed by atoms with van der Waals surface area (Å²) in [6.07, 6.45) is 4.87. The van der Waals surface area contributed by atoms with E-state index >= 15 is 0 Å². The van der Waals surface area contributed by atoms with E-state index in [-0.39, 0.29) is 5.91 Å². The standard InChI is InChI=1S/C12H22N2O/c1-9(12(2)5-6-12)13-7-8-14-11(15)10-3-4-10/h9-10,13H,3-8H2,1-2H3,(H,14,15). The van der Waals surface area contributed by atoms with Crippen molar-refractivity contribution in [2.75, 3.05) is 13.1 Å². The third-order valence-corrected chi connectivity index (χ3v) is 3.91. The van der Waals surface area contributed by atoms with Crippen LogP contribution in [0, 0.1) is 11.3 Å². The summed E-state index contributed by atoms with van der Waals surface area (Å²) in [6, 6.07) is 0.579. The van der Waals surface area contributed by atoms with Gasteiger partial charge in [-0.2, -0.15) is 0 Å². The first-order chi connectivity index (χ1) is 7.12. The SMILES string of the molecule is CC(NCCNC(=O)C1CC1)C1(C)CC1. The second-order valence-electron chi connectivity index (χ2n) is 5.40. The first-order valence-electron chi connectivity index (χ1n) is 6.13. The molecule has 2 rings (SSSR count). The summed E-state index contributed by atoms with van der Waals surface area (Å²) >= 11 is 0. The predicted molar refractivity (Wildman–Crippen MR) is 60.5 cm³/mol. The molecule has 15 heavy (non-hydrogen) atoms. The van der Waals surface area contributed by atoms with Crippen molar-refractivity contribution in [3.63, 3.8) is 0 Å². The zero-order valence-electron chi connectivity index (χ0n) is 9.81. The highest BCUT2D eigenvalue weighted by Gasteiger charge is 2.42. The topological polar surface area (TPSA) is 41.1 Å². The molecule has 86 valence electrons. The molecule has 2 N–H and O–H groups in total. The summed E-state index contributed by atoms with van der Waals surface area (Å²) in [6.45, 7) is 6.24. The van der Waals surface area contributed by atoms with Gasteiger partial charge in [0.25, 0.3) is 0 Å². The summed E-state index contributed by atoms with van der Waals surface area (Å²) in [5.41, 5.74) is 0.528. The Hall–Kier alpha value is -0.570. The molecule has 0 bridgehead atoms. The van der Waals surface area contributed by atoms with Gasteiger partial charge in [-0.3, -0.25) is 4.79 Å². The van der Waals surface area contributed by atoms with Gasteiger partial charge in [-0.25, -0.2) is 0 Å². The minimum Gasteiger partial charge on any atom is -0.355 e. The van der Waals surface area contributed by atoms with Gasteiger partial charge in [0.15, 0.2) is 0 Å². The Morgan fingerprint density at radius 1 is 1.40 bits per heavy atom. The third kappa shape index (κ3) is 2.94. The second kappa shape index (κ2) is 4.12. The fraction of sp³-hybridized carbons (Fsp3) is 0.917. The Labute approximate surface area is 92.0 Å². The van der Waals surface area contributed by atoms with Gasteiger partial charge < -0.3 is 10.6 Å². The lowest BCUT2D eigenvalue weighted by atomic mass is 10.0. The second-order valence-corrected chi connectivity index (χ2v) is 5.40. The molecule has 1 atom stereocenters. The Kier molecular flexibility index (Phi) is 3.01. The van der Waals surface area contributed by atoms with Crippen molar-refractivity contribution < 1.29 is 4.79 Å². The summed E-state index contributed by atoms with van der Waals surface area (Å²) in [5, 5.41) is 6.46. The molecule has 0 aromatic heterocycles. The predicted octanol–water partition coefficient (Wildman–Crippen LogP) is 1.29. The van der Waals surface area contributed by atoms with Crippen LogP contribution < -0.4 is 10.6 Å². The summed E-state index contributed by atoms with van der Waals surface area (Å²) in [5.74, 6) is 0.588.